The third kappa shape index (κ3) is 4.51. The Morgan fingerprint density at radius 2 is 1.76 bits per heavy atom. The molecule has 0 saturated carbocycles. The molecule has 1 saturated heterocycles. The second-order valence-electron chi connectivity index (χ2n) is 10.8. The number of hydrogen-bond acceptors (Lipinski definition) is 5. The second-order valence-corrected chi connectivity index (χ2v) is 10.8. The van der Waals surface area contributed by atoms with Crippen LogP contribution in [0, 0.1) is 5.92 Å². The van der Waals surface area contributed by atoms with E-state index in [9.17, 15) is 4.79 Å². The molecule has 0 bridgehead atoms. The lowest BCUT2D eigenvalue weighted by molar-refractivity contribution is -0.124. The van der Waals surface area contributed by atoms with Crippen LogP contribution in [0.2, 0.25) is 0 Å². The summed E-state index contributed by atoms with van der Waals surface area (Å²) in [6.07, 6.45) is 2.66. The molecule has 0 aliphatic carbocycles. The number of anilines is 1. The number of nitrogens with zero attached hydrogens (tertiary/aromatic N) is 4. The number of carbonyl (C=O) groups excluding carboxylic acids is 1. The van der Waals surface area contributed by atoms with Crippen LogP contribution in [-0.4, -0.2) is 40.1 Å². The fourth-order valence-electron chi connectivity index (χ4n) is 5.18. The van der Waals surface area contributed by atoms with Gasteiger partial charge in [0.05, 0.1) is 6.54 Å². The lowest BCUT2D eigenvalue weighted by Gasteiger charge is -2.34. The van der Waals surface area contributed by atoms with Crippen LogP contribution in [0.15, 0.2) is 53.1 Å². The number of aromatic nitrogens is 2. The molecule has 1 amide bonds. The highest BCUT2D eigenvalue weighted by atomic mass is 16.5. The number of rotatable bonds is 4. The van der Waals surface area contributed by atoms with Crippen LogP contribution in [0.25, 0.3) is 11.4 Å². The minimum Gasteiger partial charge on any atom is -0.338 e. The number of fused-ring (bicyclic) bond motifs is 1. The van der Waals surface area contributed by atoms with Gasteiger partial charge in [-0.3, -0.25) is 9.69 Å². The van der Waals surface area contributed by atoms with Crippen LogP contribution >= 0.6 is 0 Å². The van der Waals surface area contributed by atoms with Gasteiger partial charge in [0.1, 0.15) is 0 Å². The summed E-state index contributed by atoms with van der Waals surface area (Å²) >= 11 is 0. The fraction of sp³-hybridized carbons (Fsp3) is 0.464. The van der Waals surface area contributed by atoms with Gasteiger partial charge in [-0.2, -0.15) is 4.98 Å². The molecule has 3 heterocycles. The third-order valence-corrected chi connectivity index (χ3v) is 7.22. The number of amides is 1. The highest BCUT2D eigenvalue weighted by molar-refractivity contribution is 5.97. The van der Waals surface area contributed by atoms with Gasteiger partial charge in [0.25, 0.3) is 0 Å². The van der Waals surface area contributed by atoms with Crippen LogP contribution in [0.3, 0.4) is 0 Å². The average Bonchev–Trinajstić information content (AvgIpc) is 3.42. The minimum atomic E-state index is 0.0735. The smallest absolute Gasteiger partial charge is 0.241 e. The predicted molar refractivity (Wildman–Crippen MR) is 134 cm³/mol. The Bertz CT molecular complexity index is 1150. The Kier molecular flexibility index (Phi) is 6.02. The predicted octanol–water partition coefficient (Wildman–Crippen LogP) is 5.22. The summed E-state index contributed by atoms with van der Waals surface area (Å²) in [5, 5.41) is 4.20. The molecule has 0 radical (unpaired) electrons. The van der Waals surface area contributed by atoms with E-state index >= 15 is 0 Å². The molecule has 1 aromatic heterocycles. The molecule has 178 valence electrons. The van der Waals surface area contributed by atoms with Crippen molar-refractivity contribution < 1.29 is 9.32 Å². The van der Waals surface area contributed by atoms with Crippen molar-refractivity contribution in [3.8, 4) is 11.4 Å². The van der Waals surface area contributed by atoms with Crippen LogP contribution in [-0.2, 0) is 23.2 Å². The first kappa shape index (κ1) is 22.8. The Hall–Kier alpha value is -2.99. The summed E-state index contributed by atoms with van der Waals surface area (Å²) in [6.45, 7) is 11.1. The number of hydrogen-bond donors (Lipinski definition) is 0. The number of piperidine rings is 1. The van der Waals surface area contributed by atoms with Crippen LogP contribution in [0.1, 0.15) is 57.6 Å². The Balaban J connectivity index is 1.17. The maximum absolute atomic E-state index is 13.4. The molecule has 6 nitrogen and oxygen atoms in total. The van der Waals surface area contributed by atoms with Crippen molar-refractivity contribution >= 4 is 11.6 Å². The molecule has 0 spiro atoms. The lowest BCUT2D eigenvalue weighted by atomic mass is 9.87. The zero-order chi connectivity index (χ0) is 23.9. The van der Waals surface area contributed by atoms with Crippen LogP contribution < -0.4 is 4.90 Å². The Morgan fingerprint density at radius 1 is 1.06 bits per heavy atom. The van der Waals surface area contributed by atoms with Crippen molar-refractivity contribution in [2.24, 2.45) is 5.92 Å². The number of para-hydroxylation sites is 1. The summed E-state index contributed by atoms with van der Waals surface area (Å²) in [7, 11) is 0. The van der Waals surface area contributed by atoms with Gasteiger partial charge in [-0.15, -0.1) is 0 Å². The topological polar surface area (TPSA) is 62.5 Å². The van der Waals surface area contributed by atoms with Gasteiger partial charge >= 0.3 is 0 Å². The largest absolute Gasteiger partial charge is 0.338 e. The summed E-state index contributed by atoms with van der Waals surface area (Å²) in [5.41, 5.74) is 4.74. The lowest BCUT2D eigenvalue weighted by Crippen LogP contribution is -2.44. The van der Waals surface area contributed by atoms with Crippen molar-refractivity contribution in [2.45, 2.75) is 65.0 Å². The van der Waals surface area contributed by atoms with E-state index in [1.807, 2.05) is 11.0 Å². The van der Waals surface area contributed by atoms with E-state index in [0.717, 1.165) is 43.6 Å². The van der Waals surface area contributed by atoms with E-state index in [4.69, 9.17) is 4.52 Å². The molecular formula is C28H34N4O2. The van der Waals surface area contributed by atoms with Crippen molar-refractivity contribution in [3.05, 3.63) is 65.5 Å². The van der Waals surface area contributed by atoms with E-state index in [2.05, 4.69) is 85.2 Å². The van der Waals surface area contributed by atoms with Crippen molar-refractivity contribution in [3.63, 3.8) is 0 Å². The molecule has 0 N–H and O–H groups in total. The first-order chi connectivity index (χ1) is 16.3. The molecule has 6 heteroatoms. The van der Waals surface area contributed by atoms with Gasteiger partial charge in [-0.05, 0) is 61.9 Å². The van der Waals surface area contributed by atoms with E-state index in [-0.39, 0.29) is 23.3 Å². The first-order valence-corrected chi connectivity index (χ1v) is 12.4. The number of benzene rings is 2. The van der Waals surface area contributed by atoms with Gasteiger partial charge in [-0.25, -0.2) is 0 Å². The van der Waals surface area contributed by atoms with Gasteiger partial charge in [-0.1, -0.05) is 68.4 Å². The van der Waals surface area contributed by atoms with Crippen molar-refractivity contribution in [1.82, 2.24) is 15.0 Å². The van der Waals surface area contributed by atoms with Crippen molar-refractivity contribution in [1.29, 1.82) is 0 Å². The molecule has 2 aliphatic heterocycles. The van der Waals surface area contributed by atoms with E-state index in [1.165, 1.54) is 11.1 Å². The zero-order valence-corrected chi connectivity index (χ0v) is 20.6. The molecular weight excluding hydrogens is 424 g/mol. The molecule has 1 atom stereocenters. The molecule has 34 heavy (non-hydrogen) atoms. The average molecular weight is 459 g/mol. The molecule has 1 unspecified atom stereocenters. The number of likely N-dealkylation sites (tertiary alicyclic amines) is 1. The first-order valence-electron chi connectivity index (χ1n) is 12.4. The Labute approximate surface area is 202 Å². The molecule has 2 aromatic carbocycles. The SMILES string of the molecule is CC1Cc2ccccc2N1C(=O)C1CCN(Cc2nc(-c3ccc(C(C)(C)C)cc3)no2)CC1. The summed E-state index contributed by atoms with van der Waals surface area (Å²) in [6, 6.07) is 16.9. The van der Waals surface area contributed by atoms with E-state index in [0.29, 0.717) is 18.3 Å². The highest BCUT2D eigenvalue weighted by Crippen LogP contribution is 2.34. The van der Waals surface area contributed by atoms with Crippen molar-refractivity contribution in [2.75, 3.05) is 18.0 Å². The molecule has 1 fully saturated rings. The van der Waals surface area contributed by atoms with Crippen LogP contribution in [0.5, 0.6) is 0 Å². The zero-order valence-electron chi connectivity index (χ0n) is 20.6. The van der Waals surface area contributed by atoms with Gasteiger partial charge in [0.15, 0.2) is 0 Å². The Morgan fingerprint density at radius 3 is 2.47 bits per heavy atom. The maximum Gasteiger partial charge on any atom is 0.241 e. The molecule has 2 aliphatic rings. The monoisotopic (exact) mass is 458 g/mol. The molecule has 5 rings (SSSR count). The number of carbonyl (C=O) groups is 1. The normalized spacial score (nSPS) is 19.4. The maximum atomic E-state index is 13.4. The molecule has 3 aromatic rings. The van der Waals surface area contributed by atoms with Crippen LogP contribution in [0.4, 0.5) is 5.69 Å². The minimum absolute atomic E-state index is 0.0735. The highest BCUT2D eigenvalue weighted by Gasteiger charge is 2.36. The third-order valence-electron chi connectivity index (χ3n) is 7.22. The fourth-order valence-corrected chi connectivity index (χ4v) is 5.18. The summed E-state index contributed by atoms with van der Waals surface area (Å²) in [5.74, 6) is 1.60. The van der Waals surface area contributed by atoms with Gasteiger partial charge in [0.2, 0.25) is 17.6 Å². The quantitative estimate of drug-likeness (QED) is 0.536. The summed E-state index contributed by atoms with van der Waals surface area (Å²) < 4.78 is 5.55. The van der Waals surface area contributed by atoms with E-state index < -0.39 is 0 Å². The second kappa shape index (κ2) is 8.99. The standard InChI is InChI=1S/C28H34N4O2/c1-19-17-22-7-5-6-8-24(22)32(19)27(33)21-13-15-31(16-14-21)18-25-29-26(30-34-25)20-9-11-23(12-10-20)28(2,3)4/h5-12,19,21H,13-18H2,1-4H3. The summed E-state index contributed by atoms with van der Waals surface area (Å²) in [4.78, 5) is 22.3. The van der Waals surface area contributed by atoms with Gasteiger partial charge < -0.3 is 9.42 Å². The van der Waals surface area contributed by atoms with Gasteiger partial charge in [0, 0.05) is 23.2 Å². The van der Waals surface area contributed by atoms with E-state index in [1.54, 1.807) is 0 Å².